The van der Waals surface area contributed by atoms with E-state index in [0.717, 1.165) is 23.6 Å². The second kappa shape index (κ2) is 6.61. The fourth-order valence-corrected chi connectivity index (χ4v) is 5.44. The molecule has 4 nitrogen and oxygen atoms in total. The molecule has 5 rings (SSSR count). The topological polar surface area (TPSA) is 41.0 Å². The maximum Gasteiger partial charge on any atom is 0.166 e. The van der Waals surface area contributed by atoms with Crippen LogP contribution in [-0.4, -0.2) is 41.3 Å². The Balaban J connectivity index is 1.53. The Morgan fingerprint density at radius 2 is 2.04 bits per heavy atom. The Bertz CT molecular complexity index is 1070. The Kier molecular flexibility index (Phi) is 4.11. The first-order valence-corrected chi connectivity index (χ1v) is 10.7. The molecule has 1 atom stereocenters. The molecular weight excluding hydrogens is 360 g/mol. The smallest absolute Gasteiger partial charge is 0.166 e. The number of benzene rings is 1. The van der Waals surface area contributed by atoms with E-state index in [2.05, 4.69) is 68.6 Å². The van der Waals surface area contributed by atoms with E-state index < -0.39 is 0 Å². The van der Waals surface area contributed by atoms with Crippen molar-refractivity contribution in [3.05, 3.63) is 41.1 Å². The molecule has 4 aromatic rings. The van der Waals surface area contributed by atoms with Crippen LogP contribution in [-0.2, 0) is 0 Å². The van der Waals surface area contributed by atoms with Gasteiger partial charge < -0.3 is 10.2 Å². The van der Waals surface area contributed by atoms with E-state index in [1.807, 2.05) is 0 Å². The molecule has 0 radical (unpaired) electrons. The van der Waals surface area contributed by atoms with Gasteiger partial charge in [0.25, 0.3) is 0 Å². The predicted molar refractivity (Wildman–Crippen MR) is 112 cm³/mol. The molecule has 0 amide bonds. The maximum atomic E-state index is 4.61. The number of likely N-dealkylation sites (tertiary alicyclic amines) is 1. The van der Waals surface area contributed by atoms with Crippen LogP contribution in [0.2, 0.25) is 0 Å². The summed E-state index contributed by atoms with van der Waals surface area (Å²) in [6, 6.07) is 11.3. The average Bonchev–Trinajstić information content (AvgIpc) is 3.31. The van der Waals surface area contributed by atoms with Gasteiger partial charge in [0.05, 0.1) is 4.70 Å². The van der Waals surface area contributed by atoms with Crippen molar-refractivity contribution in [1.29, 1.82) is 0 Å². The minimum atomic E-state index is 0.446. The number of aromatic nitrogens is 2. The number of nitrogens with zero attached hydrogens (tertiary/aromatic N) is 3. The van der Waals surface area contributed by atoms with Crippen molar-refractivity contribution in [1.82, 2.24) is 15.1 Å². The molecule has 0 spiro atoms. The highest BCUT2D eigenvalue weighted by Crippen LogP contribution is 2.35. The van der Waals surface area contributed by atoms with Crippen LogP contribution in [0.15, 0.2) is 41.1 Å². The molecule has 1 fully saturated rings. The number of hydrogen-bond donors (Lipinski definition) is 1. The van der Waals surface area contributed by atoms with Gasteiger partial charge in [0.15, 0.2) is 5.82 Å². The molecule has 4 heterocycles. The van der Waals surface area contributed by atoms with Crippen molar-refractivity contribution >= 4 is 48.7 Å². The van der Waals surface area contributed by atoms with Crippen molar-refractivity contribution in [2.75, 3.05) is 25.5 Å². The van der Waals surface area contributed by atoms with Gasteiger partial charge in [-0.05, 0) is 60.8 Å². The summed E-state index contributed by atoms with van der Waals surface area (Å²) in [4.78, 5) is 2.38. The van der Waals surface area contributed by atoms with Gasteiger partial charge in [-0.15, -0.1) is 32.9 Å². The second-order valence-corrected chi connectivity index (χ2v) is 8.84. The van der Waals surface area contributed by atoms with E-state index in [9.17, 15) is 0 Å². The Labute approximate surface area is 160 Å². The van der Waals surface area contributed by atoms with Gasteiger partial charge in [0, 0.05) is 28.2 Å². The van der Waals surface area contributed by atoms with Crippen LogP contribution in [0, 0.1) is 0 Å². The fourth-order valence-electron chi connectivity index (χ4n) is 3.77. The minimum absolute atomic E-state index is 0.446. The van der Waals surface area contributed by atoms with Crippen molar-refractivity contribution < 1.29 is 0 Å². The summed E-state index contributed by atoms with van der Waals surface area (Å²) in [5.41, 5.74) is 2.11. The van der Waals surface area contributed by atoms with Gasteiger partial charge in [-0.2, -0.15) is 0 Å². The van der Waals surface area contributed by atoms with Crippen LogP contribution in [0.3, 0.4) is 0 Å². The summed E-state index contributed by atoms with van der Waals surface area (Å²) < 4.78 is 2.50. The van der Waals surface area contributed by atoms with Gasteiger partial charge in [0.1, 0.15) is 5.69 Å². The zero-order valence-electron chi connectivity index (χ0n) is 14.6. The van der Waals surface area contributed by atoms with Gasteiger partial charge in [-0.3, -0.25) is 0 Å². The molecule has 0 aliphatic carbocycles. The van der Waals surface area contributed by atoms with Crippen LogP contribution in [0.1, 0.15) is 12.8 Å². The summed E-state index contributed by atoms with van der Waals surface area (Å²) in [5, 5.41) is 19.6. The quantitative estimate of drug-likeness (QED) is 0.538. The number of nitrogens with one attached hydrogen (secondary N) is 1. The molecule has 3 aromatic heterocycles. The summed E-state index contributed by atoms with van der Waals surface area (Å²) in [5.74, 6) is 0.927. The normalized spacial score (nSPS) is 18.6. The highest BCUT2D eigenvalue weighted by atomic mass is 32.1. The lowest BCUT2D eigenvalue weighted by molar-refractivity contribution is 0.261. The third-order valence-corrected chi connectivity index (χ3v) is 6.88. The number of anilines is 1. The lowest BCUT2D eigenvalue weighted by atomic mass is 10.1. The molecule has 1 aromatic carbocycles. The molecule has 1 aliphatic rings. The van der Waals surface area contributed by atoms with Gasteiger partial charge in [-0.25, -0.2) is 0 Å². The first-order valence-electron chi connectivity index (χ1n) is 8.94. The molecule has 26 heavy (non-hydrogen) atoms. The molecule has 0 unspecified atom stereocenters. The molecule has 0 saturated carbocycles. The SMILES string of the molecule is CN1CCC[C@@H](Nc2nnc(-c3ccc4ccsc4c3)c3ccsc23)C1. The first-order chi connectivity index (χ1) is 12.8. The summed E-state index contributed by atoms with van der Waals surface area (Å²) in [7, 11) is 2.18. The van der Waals surface area contributed by atoms with Gasteiger partial charge >= 0.3 is 0 Å². The molecule has 0 bridgehead atoms. The largest absolute Gasteiger partial charge is 0.363 e. The Hall–Kier alpha value is -2.02. The van der Waals surface area contributed by atoms with Crippen molar-refractivity contribution in [2.24, 2.45) is 0 Å². The van der Waals surface area contributed by atoms with E-state index in [-0.39, 0.29) is 0 Å². The van der Waals surface area contributed by atoms with Crippen LogP contribution >= 0.6 is 22.7 Å². The molecule has 1 aliphatic heterocycles. The highest BCUT2D eigenvalue weighted by molar-refractivity contribution is 7.18. The van der Waals surface area contributed by atoms with E-state index in [0.29, 0.717) is 6.04 Å². The number of thiophene rings is 2. The highest BCUT2D eigenvalue weighted by Gasteiger charge is 2.20. The lowest BCUT2D eigenvalue weighted by Gasteiger charge is -2.30. The van der Waals surface area contributed by atoms with Crippen molar-refractivity contribution in [3.63, 3.8) is 0 Å². The number of likely N-dealkylation sites (N-methyl/N-ethyl adjacent to an activating group) is 1. The lowest BCUT2D eigenvalue weighted by Crippen LogP contribution is -2.39. The van der Waals surface area contributed by atoms with E-state index >= 15 is 0 Å². The van der Waals surface area contributed by atoms with E-state index in [1.165, 1.54) is 39.6 Å². The van der Waals surface area contributed by atoms with Crippen molar-refractivity contribution in [2.45, 2.75) is 18.9 Å². The van der Waals surface area contributed by atoms with Crippen LogP contribution < -0.4 is 5.32 Å². The molecule has 6 heteroatoms. The third kappa shape index (κ3) is 2.88. The monoisotopic (exact) mass is 380 g/mol. The zero-order chi connectivity index (χ0) is 17.5. The minimum Gasteiger partial charge on any atom is -0.363 e. The Morgan fingerprint density at radius 3 is 2.96 bits per heavy atom. The molecule has 1 saturated heterocycles. The molecule has 132 valence electrons. The van der Waals surface area contributed by atoms with Gasteiger partial charge in [-0.1, -0.05) is 12.1 Å². The Morgan fingerprint density at radius 1 is 1.12 bits per heavy atom. The predicted octanol–water partition coefficient (Wildman–Crippen LogP) is 5.08. The van der Waals surface area contributed by atoms with E-state index in [1.54, 1.807) is 22.7 Å². The zero-order valence-corrected chi connectivity index (χ0v) is 16.2. The van der Waals surface area contributed by atoms with Crippen LogP contribution in [0.5, 0.6) is 0 Å². The van der Waals surface area contributed by atoms with E-state index in [4.69, 9.17) is 0 Å². The fraction of sp³-hybridized carbons (Fsp3) is 0.300. The number of fused-ring (bicyclic) bond motifs is 2. The number of piperidine rings is 1. The summed E-state index contributed by atoms with van der Waals surface area (Å²) in [6.45, 7) is 2.24. The molecular formula is C20H20N4S2. The number of hydrogen-bond acceptors (Lipinski definition) is 6. The standard InChI is InChI=1S/C20H20N4S2/c1-24-8-2-3-15(12-24)21-20-19-16(7-10-26-19)18(22-23-20)14-5-4-13-6-9-25-17(13)11-14/h4-7,9-11,15H,2-3,8,12H2,1H3,(H,21,23)/t15-/m1/s1. The van der Waals surface area contributed by atoms with Gasteiger partial charge in [0.2, 0.25) is 0 Å². The molecule has 1 N–H and O–H groups in total. The summed E-state index contributed by atoms with van der Waals surface area (Å²) in [6.07, 6.45) is 2.42. The maximum absolute atomic E-state index is 4.61. The van der Waals surface area contributed by atoms with Crippen molar-refractivity contribution in [3.8, 4) is 11.3 Å². The first kappa shape index (κ1) is 16.2. The van der Waals surface area contributed by atoms with Crippen LogP contribution in [0.25, 0.3) is 31.4 Å². The second-order valence-electron chi connectivity index (χ2n) is 6.98. The average molecular weight is 381 g/mol. The van der Waals surface area contributed by atoms with Crippen LogP contribution in [0.4, 0.5) is 5.82 Å². The number of rotatable bonds is 3. The summed E-state index contributed by atoms with van der Waals surface area (Å²) >= 11 is 3.51. The third-order valence-electron chi connectivity index (χ3n) is 5.08.